The summed E-state index contributed by atoms with van der Waals surface area (Å²) in [5, 5.41) is 17.2. The van der Waals surface area contributed by atoms with Gasteiger partial charge >= 0.3 is 5.69 Å². The van der Waals surface area contributed by atoms with Gasteiger partial charge in [0, 0.05) is 6.04 Å². The van der Waals surface area contributed by atoms with Crippen molar-refractivity contribution in [2.24, 2.45) is 11.8 Å². The lowest BCUT2D eigenvalue weighted by Gasteiger charge is -2.23. The fourth-order valence-corrected chi connectivity index (χ4v) is 6.17. The summed E-state index contributed by atoms with van der Waals surface area (Å²) >= 11 is 6.86. The quantitative estimate of drug-likeness (QED) is 0.413. The van der Waals surface area contributed by atoms with Gasteiger partial charge < -0.3 is 15.2 Å². The second-order valence-electron chi connectivity index (χ2n) is 8.63. The molecular formula is C23H20Br2N4O5. The number of carbonyl (C=O) groups excluding carboxylic acids is 1. The molecule has 0 aliphatic heterocycles. The van der Waals surface area contributed by atoms with Crippen molar-refractivity contribution >= 4 is 37.8 Å². The Morgan fingerprint density at radius 2 is 1.91 bits per heavy atom. The number of halogens is 2. The SMILES string of the molecule is O=C(NC1CC2CCC1C2)c1cc(Oc2c(Br)cc(-n3ncc(=O)[nH]c3=O)cc2Br)ccc1O. The van der Waals surface area contributed by atoms with E-state index in [4.69, 9.17) is 4.74 Å². The average Bonchev–Trinajstić information content (AvgIpc) is 3.40. The molecule has 11 heteroatoms. The number of hydrogen-bond acceptors (Lipinski definition) is 6. The lowest BCUT2D eigenvalue weighted by atomic mass is 9.95. The minimum atomic E-state index is -0.676. The van der Waals surface area contributed by atoms with Gasteiger partial charge in [-0.2, -0.15) is 9.78 Å². The molecule has 176 valence electrons. The standard InChI is InChI=1S/C23H20Br2N4O5/c24-16-7-13(29-23(33)28-20(31)10-26-29)8-17(25)21(16)34-14-3-4-19(30)15(9-14)22(32)27-18-6-11-1-2-12(18)5-11/h3-4,7-12,18,30H,1-2,5-6H2,(H,27,32)(H,28,31,33). The second kappa shape index (κ2) is 9.03. The number of nitrogens with one attached hydrogen (secondary N) is 2. The summed E-state index contributed by atoms with van der Waals surface area (Å²) in [6.07, 6.45) is 5.55. The Hall–Kier alpha value is -2.92. The molecule has 1 heterocycles. The van der Waals surface area contributed by atoms with Crippen LogP contribution in [0.3, 0.4) is 0 Å². The molecule has 1 amide bonds. The van der Waals surface area contributed by atoms with Crippen molar-refractivity contribution in [3.63, 3.8) is 0 Å². The van der Waals surface area contributed by atoms with E-state index >= 15 is 0 Å². The predicted octanol–water partition coefficient (Wildman–Crippen LogP) is 3.86. The van der Waals surface area contributed by atoms with Gasteiger partial charge in [0.2, 0.25) is 0 Å². The average molecular weight is 592 g/mol. The van der Waals surface area contributed by atoms with E-state index in [0.29, 0.717) is 38.0 Å². The maximum Gasteiger partial charge on any atom is 0.349 e. The number of amides is 1. The van der Waals surface area contributed by atoms with E-state index < -0.39 is 11.2 Å². The smallest absolute Gasteiger partial charge is 0.349 e. The molecule has 2 aliphatic rings. The van der Waals surface area contributed by atoms with Crippen molar-refractivity contribution in [1.82, 2.24) is 20.1 Å². The molecule has 0 saturated heterocycles. The molecule has 3 N–H and O–H groups in total. The number of aromatic hydroxyl groups is 1. The van der Waals surface area contributed by atoms with Crippen LogP contribution in [-0.4, -0.2) is 31.8 Å². The van der Waals surface area contributed by atoms with Crippen LogP contribution in [0.4, 0.5) is 0 Å². The first kappa shape index (κ1) is 22.9. The van der Waals surface area contributed by atoms with E-state index in [-0.39, 0.29) is 23.3 Å². The minimum Gasteiger partial charge on any atom is -0.507 e. The molecule has 3 unspecified atom stereocenters. The van der Waals surface area contributed by atoms with Crippen molar-refractivity contribution in [1.29, 1.82) is 0 Å². The Morgan fingerprint density at radius 3 is 2.56 bits per heavy atom. The van der Waals surface area contributed by atoms with Gasteiger partial charge in [-0.3, -0.25) is 14.6 Å². The predicted molar refractivity (Wildman–Crippen MR) is 131 cm³/mol. The van der Waals surface area contributed by atoms with E-state index in [1.54, 1.807) is 18.2 Å². The molecule has 2 bridgehead atoms. The number of aromatic nitrogens is 3. The Balaban J connectivity index is 1.38. The first-order chi connectivity index (χ1) is 16.3. The maximum atomic E-state index is 12.9. The molecule has 0 spiro atoms. The van der Waals surface area contributed by atoms with Crippen LogP contribution in [0.5, 0.6) is 17.2 Å². The number of nitrogens with zero attached hydrogens (tertiary/aromatic N) is 2. The fourth-order valence-electron chi connectivity index (χ4n) is 4.85. The molecule has 5 rings (SSSR count). The number of phenols is 1. The molecule has 3 aromatic rings. The monoisotopic (exact) mass is 590 g/mol. The van der Waals surface area contributed by atoms with Crippen LogP contribution < -0.4 is 21.3 Å². The summed E-state index contributed by atoms with van der Waals surface area (Å²) in [7, 11) is 0. The third kappa shape index (κ3) is 4.41. The summed E-state index contributed by atoms with van der Waals surface area (Å²) in [6, 6.07) is 7.84. The zero-order chi connectivity index (χ0) is 24.0. The number of fused-ring (bicyclic) bond motifs is 2. The van der Waals surface area contributed by atoms with Crippen LogP contribution in [0.25, 0.3) is 5.69 Å². The molecule has 34 heavy (non-hydrogen) atoms. The van der Waals surface area contributed by atoms with Gasteiger partial charge in [0.1, 0.15) is 17.7 Å². The van der Waals surface area contributed by atoms with Crippen molar-refractivity contribution in [3.05, 3.63) is 71.9 Å². The molecule has 2 fully saturated rings. The number of H-pyrrole nitrogens is 1. The van der Waals surface area contributed by atoms with Crippen molar-refractivity contribution in [2.75, 3.05) is 0 Å². The largest absolute Gasteiger partial charge is 0.507 e. The van der Waals surface area contributed by atoms with Gasteiger partial charge in [0.25, 0.3) is 11.5 Å². The van der Waals surface area contributed by atoms with Gasteiger partial charge in [-0.25, -0.2) is 4.79 Å². The molecule has 2 aromatic carbocycles. The summed E-state index contributed by atoms with van der Waals surface area (Å²) in [5.41, 5.74) is -0.728. The van der Waals surface area contributed by atoms with Gasteiger partial charge in [-0.1, -0.05) is 6.42 Å². The Morgan fingerprint density at radius 1 is 1.15 bits per heavy atom. The lowest BCUT2D eigenvalue weighted by Crippen LogP contribution is -2.38. The highest BCUT2D eigenvalue weighted by Crippen LogP contribution is 2.45. The Kier molecular flexibility index (Phi) is 6.07. The maximum absolute atomic E-state index is 12.9. The normalized spacial score (nSPS) is 20.9. The van der Waals surface area contributed by atoms with Gasteiger partial charge in [0.05, 0.1) is 20.2 Å². The van der Waals surface area contributed by atoms with Crippen LogP contribution in [0.2, 0.25) is 0 Å². The highest BCUT2D eigenvalue weighted by molar-refractivity contribution is 9.11. The molecule has 9 nitrogen and oxygen atoms in total. The number of rotatable bonds is 5. The van der Waals surface area contributed by atoms with Crippen molar-refractivity contribution in [3.8, 4) is 22.9 Å². The topological polar surface area (TPSA) is 126 Å². The van der Waals surface area contributed by atoms with Gasteiger partial charge in [-0.15, -0.1) is 0 Å². The number of hydrogen-bond donors (Lipinski definition) is 3. The third-order valence-electron chi connectivity index (χ3n) is 6.43. The van der Waals surface area contributed by atoms with Gasteiger partial charge in [-0.05, 0) is 93.3 Å². The highest BCUT2D eigenvalue weighted by Gasteiger charge is 2.40. The molecular weight excluding hydrogens is 572 g/mol. The number of phenolic OH excluding ortho intramolecular Hbond substituents is 1. The molecule has 3 atom stereocenters. The molecule has 0 radical (unpaired) electrons. The zero-order valence-corrected chi connectivity index (χ0v) is 20.9. The third-order valence-corrected chi connectivity index (χ3v) is 7.61. The van der Waals surface area contributed by atoms with E-state index in [0.717, 1.165) is 23.7 Å². The van der Waals surface area contributed by atoms with E-state index in [1.807, 2.05) is 0 Å². The number of ether oxygens (including phenoxy) is 1. The lowest BCUT2D eigenvalue weighted by molar-refractivity contribution is 0.0920. The molecule has 1 aromatic heterocycles. The fraction of sp³-hybridized carbons (Fsp3) is 0.304. The summed E-state index contributed by atoms with van der Waals surface area (Å²) in [4.78, 5) is 38.4. The van der Waals surface area contributed by atoms with E-state index in [2.05, 4.69) is 47.3 Å². The number of carbonyl (C=O) groups is 1. The van der Waals surface area contributed by atoms with Crippen LogP contribution in [0.15, 0.2) is 55.1 Å². The molecule has 2 saturated carbocycles. The van der Waals surface area contributed by atoms with Gasteiger partial charge in [0.15, 0.2) is 5.75 Å². The van der Waals surface area contributed by atoms with E-state index in [9.17, 15) is 19.5 Å². The summed E-state index contributed by atoms with van der Waals surface area (Å²) < 4.78 is 8.03. The Labute approximate surface area is 210 Å². The Bertz CT molecular complexity index is 1380. The van der Waals surface area contributed by atoms with Crippen LogP contribution >= 0.6 is 31.9 Å². The number of aromatic amines is 1. The highest BCUT2D eigenvalue weighted by atomic mass is 79.9. The summed E-state index contributed by atoms with van der Waals surface area (Å²) in [6.45, 7) is 0. The second-order valence-corrected chi connectivity index (χ2v) is 10.3. The summed E-state index contributed by atoms with van der Waals surface area (Å²) in [5.74, 6) is 1.52. The van der Waals surface area contributed by atoms with Crippen molar-refractivity contribution < 1.29 is 14.6 Å². The van der Waals surface area contributed by atoms with Crippen LogP contribution in [0.1, 0.15) is 36.0 Å². The van der Waals surface area contributed by atoms with E-state index in [1.165, 1.54) is 25.0 Å². The van der Waals surface area contributed by atoms with Crippen LogP contribution in [-0.2, 0) is 0 Å². The zero-order valence-electron chi connectivity index (χ0n) is 17.8. The minimum absolute atomic E-state index is 0.120. The number of benzene rings is 2. The first-order valence-electron chi connectivity index (χ1n) is 10.8. The first-order valence-corrected chi connectivity index (χ1v) is 12.4. The molecule has 2 aliphatic carbocycles. The van der Waals surface area contributed by atoms with Crippen LogP contribution in [0, 0.1) is 11.8 Å². The van der Waals surface area contributed by atoms with Crippen molar-refractivity contribution in [2.45, 2.75) is 31.7 Å².